The molecule has 118 valence electrons. The summed E-state index contributed by atoms with van der Waals surface area (Å²) in [5, 5.41) is 10.6. The molecule has 1 aromatic heterocycles. The number of aromatic amines is 1. The van der Waals surface area contributed by atoms with Crippen LogP contribution in [-0.2, 0) is 0 Å². The maximum absolute atomic E-state index is 13.4. The second-order valence-electron chi connectivity index (χ2n) is 5.57. The molecule has 0 bridgehead atoms. The number of rotatable bonds is 8. The van der Waals surface area contributed by atoms with E-state index in [1.165, 1.54) is 12.1 Å². The van der Waals surface area contributed by atoms with Crippen molar-refractivity contribution in [3.05, 3.63) is 48.6 Å². The zero-order valence-electron chi connectivity index (χ0n) is 13.3. The summed E-state index contributed by atoms with van der Waals surface area (Å²) in [5.41, 5.74) is 3.30. The normalized spacial score (nSPS) is 10.9. The van der Waals surface area contributed by atoms with E-state index in [4.69, 9.17) is 0 Å². The first kappa shape index (κ1) is 16.3. The fourth-order valence-electron chi connectivity index (χ4n) is 2.70. The molecule has 1 heterocycles. The highest BCUT2D eigenvalue weighted by Gasteiger charge is 2.14. The Labute approximate surface area is 131 Å². The van der Waals surface area contributed by atoms with Gasteiger partial charge < -0.3 is 5.32 Å². The molecule has 1 aromatic carbocycles. The molecule has 0 spiro atoms. The Kier molecular flexibility index (Phi) is 5.75. The number of aromatic nitrogens is 2. The van der Waals surface area contributed by atoms with Crippen LogP contribution < -0.4 is 5.32 Å². The Balaban J connectivity index is 2.19. The van der Waals surface area contributed by atoms with E-state index in [1.54, 1.807) is 12.3 Å². The maximum Gasteiger partial charge on any atom is 0.123 e. The standard InChI is InChI=1S/C18H24FN3/c1-4-7-16(8-5-2)21-13(3)18-17(12-20-22-18)14-9-6-10-15(19)11-14/h6,9-12,16,21H,3-5,7-8H2,1-2H3,(H,20,22). The van der Waals surface area contributed by atoms with E-state index in [2.05, 4.69) is 35.9 Å². The fraction of sp³-hybridized carbons (Fsp3) is 0.389. The molecule has 0 unspecified atom stereocenters. The lowest BCUT2D eigenvalue weighted by Crippen LogP contribution is -2.27. The van der Waals surface area contributed by atoms with Crippen molar-refractivity contribution in [1.29, 1.82) is 0 Å². The molecule has 3 nitrogen and oxygen atoms in total. The molecule has 0 saturated heterocycles. The van der Waals surface area contributed by atoms with Gasteiger partial charge in [-0.25, -0.2) is 4.39 Å². The largest absolute Gasteiger partial charge is 0.381 e. The third-order valence-corrected chi connectivity index (χ3v) is 3.73. The summed E-state index contributed by atoms with van der Waals surface area (Å²) in [6, 6.07) is 6.94. The molecule has 2 N–H and O–H groups in total. The van der Waals surface area contributed by atoms with Crippen LogP contribution in [0.5, 0.6) is 0 Å². The van der Waals surface area contributed by atoms with Gasteiger partial charge in [-0.05, 0) is 30.5 Å². The number of hydrogen-bond acceptors (Lipinski definition) is 2. The molecule has 4 heteroatoms. The van der Waals surface area contributed by atoms with Crippen LogP contribution in [0, 0.1) is 5.82 Å². The monoisotopic (exact) mass is 301 g/mol. The first-order valence-corrected chi connectivity index (χ1v) is 7.90. The van der Waals surface area contributed by atoms with E-state index < -0.39 is 0 Å². The van der Waals surface area contributed by atoms with E-state index in [0.717, 1.165) is 48.2 Å². The van der Waals surface area contributed by atoms with Crippen LogP contribution in [0.3, 0.4) is 0 Å². The Morgan fingerprint density at radius 2 is 2.05 bits per heavy atom. The van der Waals surface area contributed by atoms with Crippen molar-refractivity contribution in [2.75, 3.05) is 0 Å². The van der Waals surface area contributed by atoms with E-state index >= 15 is 0 Å². The van der Waals surface area contributed by atoms with Gasteiger partial charge in [-0.3, -0.25) is 5.10 Å². The van der Waals surface area contributed by atoms with Crippen molar-refractivity contribution >= 4 is 5.70 Å². The van der Waals surface area contributed by atoms with Gasteiger partial charge in [0.2, 0.25) is 0 Å². The van der Waals surface area contributed by atoms with E-state index in [1.807, 2.05) is 6.07 Å². The molecule has 0 aliphatic rings. The summed E-state index contributed by atoms with van der Waals surface area (Å²) >= 11 is 0. The zero-order chi connectivity index (χ0) is 15.9. The molecular formula is C18H24FN3. The second kappa shape index (κ2) is 7.78. The average molecular weight is 301 g/mol. The quantitative estimate of drug-likeness (QED) is 0.739. The van der Waals surface area contributed by atoms with Crippen molar-refractivity contribution in [3.8, 4) is 11.1 Å². The molecule has 0 atom stereocenters. The number of halogens is 1. The van der Waals surface area contributed by atoms with Crippen LogP contribution in [0.4, 0.5) is 4.39 Å². The van der Waals surface area contributed by atoms with Crippen LogP contribution in [0.2, 0.25) is 0 Å². The van der Waals surface area contributed by atoms with Crippen molar-refractivity contribution in [3.63, 3.8) is 0 Å². The third kappa shape index (κ3) is 3.97. The van der Waals surface area contributed by atoms with Crippen LogP contribution in [0.1, 0.15) is 45.2 Å². The van der Waals surface area contributed by atoms with Gasteiger partial charge in [0, 0.05) is 11.6 Å². The van der Waals surface area contributed by atoms with Crippen molar-refractivity contribution in [2.24, 2.45) is 0 Å². The molecule has 22 heavy (non-hydrogen) atoms. The molecule has 0 radical (unpaired) electrons. The molecule has 2 rings (SSSR count). The van der Waals surface area contributed by atoms with Gasteiger partial charge in [-0.2, -0.15) is 5.10 Å². The van der Waals surface area contributed by atoms with Gasteiger partial charge in [0.25, 0.3) is 0 Å². The van der Waals surface area contributed by atoms with Crippen LogP contribution in [-0.4, -0.2) is 16.2 Å². The number of benzene rings is 1. The number of H-pyrrole nitrogens is 1. The first-order valence-electron chi connectivity index (χ1n) is 7.90. The van der Waals surface area contributed by atoms with Gasteiger partial charge in [0.1, 0.15) is 5.82 Å². The summed E-state index contributed by atoms with van der Waals surface area (Å²) in [5.74, 6) is -0.252. The van der Waals surface area contributed by atoms with E-state index in [9.17, 15) is 4.39 Å². The predicted octanol–water partition coefficient (Wildman–Crippen LogP) is 4.74. The fourth-order valence-corrected chi connectivity index (χ4v) is 2.70. The lowest BCUT2D eigenvalue weighted by atomic mass is 10.0. The Morgan fingerprint density at radius 3 is 2.68 bits per heavy atom. The van der Waals surface area contributed by atoms with Gasteiger partial charge in [0.15, 0.2) is 0 Å². The molecule has 0 aliphatic carbocycles. The molecular weight excluding hydrogens is 277 g/mol. The summed E-state index contributed by atoms with van der Waals surface area (Å²) in [4.78, 5) is 0. The minimum Gasteiger partial charge on any atom is -0.381 e. The molecule has 0 aliphatic heterocycles. The highest BCUT2D eigenvalue weighted by Crippen LogP contribution is 2.26. The smallest absolute Gasteiger partial charge is 0.123 e. The number of nitrogens with zero attached hydrogens (tertiary/aromatic N) is 1. The minimum atomic E-state index is -0.252. The maximum atomic E-state index is 13.4. The minimum absolute atomic E-state index is 0.252. The lowest BCUT2D eigenvalue weighted by molar-refractivity contribution is 0.502. The summed E-state index contributed by atoms with van der Waals surface area (Å²) < 4.78 is 13.4. The lowest BCUT2D eigenvalue weighted by Gasteiger charge is -2.20. The van der Waals surface area contributed by atoms with E-state index in [-0.39, 0.29) is 5.82 Å². The zero-order valence-corrected chi connectivity index (χ0v) is 13.3. The van der Waals surface area contributed by atoms with Crippen molar-refractivity contribution in [1.82, 2.24) is 15.5 Å². The molecule has 2 aromatic rings. The SMILES string of the molecule is C=C(NC(CCC)CCC)c1[nH]ncc1-c1cccc(F)c1. The molecule has 0 amide bonds. The molecule has 0 fully saturated rings. The second-order valence-corrected chi connectivity index (χ2v) is 5.57. The highest BCUT2D eigenvalue weighted by atomic mass is 19.1. The predicted molar refractivity (Wildman–Crippen MR) is 89.8 cm³/mol. The van der Waals surface area contributed by atoms with Crippen LogP contribution in [0.25, 0.3) is 16.8 Å². The summed E-state index contributed by atoms with van der Waals surface area (Å²) in [6.07, 6.45) is 6.19. The van der Waals surface area contributed by atoms with Gasteiger partial charge in [-0.15, -0.1) is 0 Å². The Hall–Kier alpha value is -2.10. The Bertz CT molecular complexity index is 612. The van der Waals surface area contributed by atoms with Crippen LogP contribution >= 0.6 is 0 Å². The van der Waals surface area contributed by atoms with E-state index in [0.29, 0.717) is 6.04 Å². The van der Waals surface area contributed by atoms with Gasteiger partial charge in [0.05, 0.1) is 17.6 Å². The van der Waals surface area contributed by atoms with Crippen molar-refractivity contribution < 1.29 is 4.39 Å². The first-order chi connectivity index (χ1) is 10.7. The third-order valence-electron chi connectivity index (χ3n) is 3.73. The Morgan fingerprint density at radius 1 is 1.32 bits per heavy atom. The van der Waals surface area contributed by atoms with Gasteiger partial charge in [-0.1, -0.05) is 45.4 Å². The highest BCUT2D eigenvalue weighted by molar-refractivity contribution is 5.77. The van der Waals surface area contributed by atoms with Crippen molar-refractivity contribution in [2.45, 2.75) is 45.6 Å². The number of hydrogen-bond donors (Lipinski definition) is 2. The average Bonchev–Trinajstić information content (AvgIpc) is 2.97. The molecule has 0 saturated carbocycles. The number of nitrogens with one attached hydrogen (secondary N) is 2. The topological polar surface area (TPSA) is 40.7 Å². The van der Waals surface area contributed by atoms with Crippen LogP contribution in [0.15, 0.2) is 37.0 Å². The summed E-state index contributed by atoms with van der Waals surface area (Å²) in [6.45, 7) is 8.50. The van der Waals surface area contributed by atoms with Gasteiger partial charge >= 0.3 is 0 Å². The summed E-state index contributed by atoms with van der Waals surface area (Å²) in [7, 11) is 0.